The topological polar surface area (TPSA) is 75.3 Å². The number of carbonyl (C=O) groups excluding carboxylic acids is 1. The fourth-order valence-corrected chi connectivity index (χ4v) is 6.16. The van der Waals surface area contributed by atoms with Crippen LogP contribution in [0.1, 0.15) is 43.0 Å². The van der Waals surface area contributed by atoms with Gasteiger partial charge in [0.2, 0.25) is 0 Å². The molecule has 4 rings (SSSR count). The van der Waals surface area contributed by atoms with Gasteiger partial charge in [-0.1, -0.05) is 30.2 Å². The molecule has 5 nitrogen and oxygen atoms in total. The highest BCUT2D eigenvalue weighted by Crippen LogP contribution is 2.49. The number of halogens is 1. The summed E-state index contributed by atoms with van der Waals surface area (Å²) in [6.45, 7) is 2.06. The average Bonchev–Trinajstić information content (AvgIpc) is 3.31. The second-order valence-corrected chi connectivity index (χ2v) is 10.4. The zero-order valence-electron chi connectivity index (χ0n) is 16.3. The molecule has 2 N–H and O–H groups in total. The van der Waals surface area contributed by atoms with Crippen LogP contribution >= 0.6 is 11.6 Å². The van der Waals surface area contributed by atoms with Crippen LogP contribution in [0.15, 0.2) is 53.4 Å². The molecular formula is C22H25ClN2O3S. The van der Waals surface area contributed by atoms with Crippen LogP contribution in [0, 0.1) is 17.8 Å². The lowest BCUT2D eigenvalue weighted by atomic mass is 9.84. The largest absolute Gasteiger partial charge is 0.349 e. The molecule has 0 spiro atoms. The molecule has 0 saturated heterocycles. The Morgan fingerprint density at radius 2 is 1.90 bits per heavy atom. The molecule has 2 fully saturated rings. The zero-order chi connectivity index (χ0) is 20.6. The van der Waals surface area contributed by atoms with Crippen molar-refractivity contribution in [3.63, 3.8) is 0 Å². The average molecular weight is 433 g/mol. The molecule has 2 aromatic rings. The predicted molar refractivity (Wildman–Crippen MR) is 115 cm³/mol. The molecule has 0 heterocycles. The smallest absolute Gasteiger partial charge is 0.261 e. The number of sulfonamides is 1. The van der Waals surface area contributed by atoms with Gasteiger partial charge < -0.3 is 5.32 Å². The third kappa shape index (κ3) is 4.43. The van der Waals surface area contributed by atoms with E-state index in [1.165, 1.54) is 43.9 Å². The minimum absolute atomic E-state index is 0.0395. The number of amides is 1. The van der Waals surface area contributed by atoms with E-state index in [1.807, 2.05) is 0 Å². The van der Waals surface area contributed by atoms with Crippen molar-refractivity contribution in [1.82, 2.24) is 5.32 Å². The van der Waals surface area contributed by atoms with E-state index in [1.54, 1.807) is 30.3 Å². The molecule has 2 bridgehead atoms. The molecule has 1 amide bonds. The number of anilines is 1. The van der Waals surface area contributed by atoms with Crippen LogP contribution in [-0.2, 0) is 10.0 Å². The van der Waals surface area contributed by atoms with E-state index in [4.69, 9.17) is 11.6 Å². The summed E-state index contributed by atoms with van der Waals surface area (Å²) in [4.78, 5) is 12.8. The lowest BCUT2D eigenvalue weighted by Crippen LogP contribution is -2.40. The number of fused-ring (bicyclic) bond motifs is 2. The van der Waals surface area contributed by atoms with E-state index < -0.39 is 10.0 Å². The quantitative estimate of drug-likeness (QED) is 0.694. The number of hydrogen-bond acceptors (Lipinski definition) is 3. The summed E-state index contributed by atoms with van der Waals surface area (Å²) in [6.07, 6.45) is 5.05. The van der Waals surface area contributed by atoms with E-state index in [0.717, 1.165) is 5.92 Å². The Balaban J connectivity index is 1.47. The van der Waals surface area contributed by atoms with Crippen molar-refractivity contribution in [3.05, 3.63) is 59.1 Å². The number of carbonyl (C=O) groups is 1. The molecule has 4 atom stereocenters. The third-order valence-corrected chi connectivity index (χ3v) is 7.89. The SMILES string of the molecule is C[C@@H](NC(=O)c1cccc(S(=O)(=O)Nc2cccc(Cl)c2)c1)[C@H]1C[C@H]2CC[C@H]1C2. The number of hydrogen-bond donors (Lipinski definition) is 2. The van der Waals surface area contributed by atoms with Gasteiger partial charge in [0.1, 0.15) is 0 Å². The molecule has 0 radical (unpaired) electrons. The maximum atomic E-state index is 12.8. The monoisotopic (exact) mass is 432 g/mol. The Labute approximate surface area is 176 Å². The van der Waals surface area contributed by atoms with Gasteiger partial charge in [0.05, 0.1) is 10.6 Å². The molecule has 0 unspecified atom stereocenters. The Hall–Kier alpha value is -2.05. The fourth-order valence-electron chi connectivity index (χ4n) is 4.87. The highest BCUT2D eigenvalue weighted by molar-refractivity contribution is 7.92. The summed E-state index contributed by atoms with van der Waals surface area (Å²) in [5.74, 6) is 1.81. The van der Waals surface area contributed by atoms with Gasteiger partial charge >= 0.3 is 0 Å². The molecule has 7 heteroatoms. The van der Waals surface area contributed by atoms with Crippen molar-refractivity contribution >= 4 is 33.2 Å². The van der Waals surface area contributed by atoms with Gasteiger partial charge in [0, 0.05) is 16.6 Å². The maximum absolute atomic E-state index is 12.8. The molecule has 2 aliphatic rings. The highest BCUT2D eigenvalue weighted by atomic mass is 35.5. The van der Waals surface area contributed by atoms with Crippen LogP contribution in [0.5, 0.6) is 0 Å². The van der Waals surface area contributed by atoms with Crippen molar-refractivity contribution in [2.45, 2.75) is 43.5 Å². The van der Waals surface area contributed by atoms with E-state index >= 15 is 0 Å². The fraction of sp³-hybridized carbons (Fsp3) is 0.409. The van der Waals surface area contributed by atoms with Gasteiger partial charge in [-0.3, -0.25) is 9.52 Å². The van der Waals surface area contributed by atoms with Gasteiger partial charge in [0.25, 0.3) is 15.9 Å². The van der Waals surface area contributed by atoms with Crippen LogP contribution in [0.2, 0.25) is 5.02 Å². The van der Waals surface area contributed by atoms with E-state index in [9.17, 15) is 13.2 Å². The second-order valence-electron chi connectivity index (χ2n) is 8.24. The highest BCUT2D eigenvalue weighted by Gasteiger charge is 2.42. The number of benzene rings is 2. The first-order valence-electron chi connectivity index (χ1n) is 10.0. The van der Waals surface area contributed by atoms with Crippen molar-refractivity contribution in [2.24, 2.45) is 17.8 Å². The lowest BCUT2D eigenvalue weighted by Gasteiger charge is -2.28. The first kappa shape index (κ1) is 20.2. The molecule has 2 aromatic carbocycles. The van der Waals surface area contributed by atoms with Crippen molar-refractivity contribution < 1.29 is 13.2 Å². The van der Waals surface area contributed by atoms with E-state index in [2.05, 4.69) is 17.0 Å². The Bertz CT molecular complexity index is 1020. The van der Waals surface area contributed by atoms with E-state index in [0.29, 0.717) is 28.1 Å². The Morgan fingerprint density at radius 3 is 2.59 bits per heavy atom. The predicted octanol–water partition coefficient (Wildman–Crippen LogP) is 4.70. The summed E-state index contributed by atoms with van der Waals surface area (Å²) in [5.41, 5.74) is 0.714. The zero-order valence-corrected chi connectivity index (χ0v) is 17.8. The number of rotatable bonds is 6. The van der Waals surface area contributed by atoms with Crippen LogP contribution in [-0.4, -0.2) is 20.4 Å². The van der Waals surface area contributed by atoms with Crippen LogP contribution in [0.4, 0.5) is 5.69 Å². The third-order valence-electron chi connectivity index (χ3n) is 6.28. The van der Waals surface area contributed by atoms with Gasteiger partial charge in [-0.2, -0.15) is 0 Å². The first-order chi connectivity index (χ1) is 13.8. The number of nitrogens with one attached hydrogen (secondary N) is 2. The van der Waals surface area contributed by atoms with Gasteiger partial charge in [-0.05, 0) is 80.3 Å². The molecular weight excluding hydrogens is 408 g/mol. The summed E-state index contributed by atoms with van der Waals surface area (Å²) in [6, 6.07) is 12.7. The molecule has 2 saturated carbocycles. The Morgan fingerprint density at radius 1 is 1.10 bits per heavy atom. The molecule has 29 heavy (non-hydrogen) atoms. The minimum Gasteiger partial charge on any atom is -0.349 e. The molecule has 0 aromatic heterocycles. The van der Waals surface area contributed by atoms with Gasteiger partial charge in [-0.15, -0.1) is 0 Å². The van der Waals surface area contributed by atoms with Crippen molar-refractivity contribution in [1.29, 1.82) is 0 Å². The molecule has 154 valence electrons. The van der Waals surface area contributed by atoms with Gasteiger partial charge in [0.15, 0.2) is 0 Å². The first-order valence-corrected chi connectivity index (χ1v) is 11.9. The Kier molecular flexibility index (Phi) is 5.58. The van der Waals surface area contributed by atoms with Crippen molar-refractivity contribution in [2.75, 3.05) is 4.72 Å². The van der Waals surface area contributed by atoms with E-state index in [-0.39, 0.29) is 16.8 Å². The molecule has 0 aliphatic heterocycles. The molecule has 2 aliphatic carbocycles. The lowest BCUT2D eigenvalue weighted by molar-refractivity contribution is 0.0915. The summed E-state index contributed by atoms with van der Waals surface area (Å²) >= 11 is 5.92. The second kappa shape index (κ2) is 8.00. The maximum Gasteiger partial charge on any atom is 0.261 e. The van der Waals surface area contributed by atoms with Crippen LogP contribution in [0.25, 0.3) is 0 Å². The van der Waals surface area contributed by atoms with Crippen molar-refractivity contribution in [3.8, 4) is 0 Å². The standard InChI is InChI=1S/C22H25ClN2O3S/c1-14(21-11-15-8-9-16(21)10-15)24-22(26)17-4-2-7-20(12-17)29(27,28)25-19-6-3-5-18(23)13-19/h2-7,12-16,21,25H,8-11H2,1H3,(H,24,26)/t14-,15+,16+,21-/m1/s1. The normalized spacial score (nSPS) is 24.3. The summed E-state index contributed by atoms with van der Waals surface area (Å²) in [7, 11) is -3.83. The van der Waals surface area contributed by atoms with Crippen LogP contribution < -0.4 is 10.0 Å². The van der Waals surface area contributed by atoms with Crippen LogP contribution in [0.3, 0.4) is 0 Å². The summed E-state index contributed by atoms with van der Waals surface area (Å²) in [5, 5.41) is 3.53. The van der Waals surface area contributed by atoms with Gasteiger partial charge in [-0.25, -0.2) is 8.42 Å². The minimum atomic E-state index is -3.83. The summed E-state index contributed by atoms with van der Waals surface area (Å²) < 4.78 is 27.9.